The Hall–Kier alpha value is -0.310. The van der Waals surface area contributed by atoms with E-state index in [0.717, 1.165) is 15.6 Å². The largest absolute Gasteiger partial charge is 0.207 e. The van der Waals surface area contributed by atoms with Gasteiger partial charge < -0.3 is 0 Å². The molecule has 0 unspecified atom stereocenters. The predicted molar refractivity (Wildman–Crippen MR) is 56.4 cm³/mol. The van der Waals surface area contributed by atoms with E-state index >= 15 is 0 Å². The number of fused-ring (bicyclic) bond motifs is 1. The highest BCUT2D eigenvalue weighted by atomic mass is 35.5. The second kappa shape index (κ2) is 3.45. The maximum Gasteiger partial charge on any atom is 0.126 e. The van der Waals surface area contributed by atoms with Crippen LogP contribution >= 0.6 is 34.5 Å². The SMILES string of the molecule is Fc1cc(Cl)c2c(CCl)csc2c1. The van der Waals surface area contributed by atoms with Crippen LogP contribution in [0.5, 0.6) is 0 Å². The van der Waals surface area contributed by atoms with Gasteiger partial charge in [-0.1, -0.05) is 11.6 Å². The summed E-state index contributed by atoms with van der Waals surface area (Å²) in [7, 11) is 0. The minimum absolute atomic E-state index is 0.305. The van der Waals surface area contributed by atoms with Gasteiger partial charge in [0.25, 0.3) is 0 Å². The summed E-state index contributed by atoms with van der Waals surface area (Å²) in [4.78, 5) is 0. The van der Waals surface area contributed by atoms with Crippen LogP contribution in [0.1, 0.15) is 5.56 Å². The molecule has 0 aliphatic carbocycles. The zero-order valence-corrected chi connectivity index (χ0v) is 8.81. The van der Waals surface area contributed by atoms with Crippen molar-refractivity contribution in [2.24, 2.45) is 0 Å². The second-order valence-corrected chi connectivity index (χ2v) is 4.24. The quantitative estimate of drug-likeness (QED) is 0.641. The van der Waals surface area contributed by atoms with Crippen molar-refractivity contribution < 1.29 is 4.39 Å². The third kappa shape index (κ3) is 1.54. The average molecular weight is 235 g/mol. The first-order valence-electron chi connectivity index (χ1n) is 3.63. The van der Waals surface area contributed by atoms with Crippen LogP contribution in [0.4, 0.5) is 4.39 Å². The Bertz CT molecular complexity index is 450. The highest BCUT2D eigenvalue weighted by Crippen LogP contribution is 2.33. The zero-order chi connectivity index (χ0) is 9.42. The standard InChI is InChI=1S/C9H5Cl2FS/c10-3-5-4-13-8-2-6(12)1-7(11)9(5)8/h1-2,4H,3H2. The van der Waals surface area contributed by atoms with Crippen LogP contribution < -0.4 is 0 Å². The number of thiophene rings is 1. The van der Waals surface area contributed by atoms with Crippen LogP contribution in [0.25, 0.3) is 10.1 Å². The Morgan fingerprint density at radius 3 is 2.85 bits per heavy atom. The van der Waals surface area contributed by atoms with Crippen molar-refractivity contribution in [2.75, 3.05) is 0 Å². The van der Waals surface area contributed by atoms with Gasteiger partial charge in [-0.2, -0.15) is 0 Å². The minimum atomic E-state index is -0.305. The molecule has 0 bridgehead atoms. The minimum Gasteiger partial charge on any atom is -0.207 e. The number of hydrogen-bond donors (Lipinski definition) is 0. The number of hydrogen-bond acceptors (Lipinski definition) is 1. The lowest BCUT2D eigenvalue weighted by Gasteiger charge is -1.97. The van der Waals surface area contributed by atoms with Gasteiger partial charge in [-0.3, -0.25) is 0 Å². The van der Waals surface area contributed by atoms with Crippen molar-refractivity contribution in [3.8, 4) is 0 Å². The highest BCUT2D eigenvalue weighted by Gasteiger charge is 2.08. The molecule has 0 amide bonds. The lowest BCUT2D eigenvalue weighted by molar-refractivity contribution is 0.630. The van der Waals surface area contributed by atoms with Gasteiger partial charge in [0.05, 0.1) is 5.02 Å². The monoisotopic (exact) mass is 234 g/mol. The lowest BCUT2D eigenvalue weighted by Crippen LogP contribution is -1.77. The van der Waals surface area contributed by atoms with E-state index in [-0.39, 0.29) is 5.82 Å². The van der Waals surface area contributed by atoms with Gasteiger partial charge in [-0.25, -0.2) is 4.39 Å². The number of halogens is 3. The van der Waals surface area contributed by atoms with Crippen LogP contribution in [0.2, 0.25) is 5.02 Å². The van der Waals surface area contributed by atoms with Gasteiger partial charge in [0.1, 0.15) is 5.82 Å². The molecule has 68 valence electrons. The Balaban J connectivity index is 2.82. The zero-order valence-electron chi connectivity index (χ0n) is 6.48. The molecule has 0 nitrogen and oxygen atoms in total. The summed E-state index contributed by atoms with van der Waals surface area (Å²) in [5, 5.41) is 3.22. The van der Waals surface area contributed by atoms with Crippen molar-refractivity contribution in [3.63, 3.8) is 0 Å². The molecule has 1 aromatic heterocycles. The molecule has 2 rings (SSSR count). The maximum absolute atomic E-state index is 12.9. The first-order chi connectivity index (χ1) is 6.22. The normalized spacial score (nSPS) is 11.0. The van der Waals surface area contributed by atoms with Crippen LogP contribution in [0.3, 0.4) is 0 Å². The molecule has 0 aliphatic heterocycles. The van der Waals surface area contributed by atoms with E-state index < -0.39 is 0 Å². The molecule has 0 spiro atoms. The van der Waals surface area contributed by atoms with Gasteiger partial charge in [0.15, 0.2) is 0 Å². The summed E-state index contributed by atoms with van der Waals surface area (Å²) in [6.45, 7) is 0. The van der Waals surface area contributed by atoms with Crippen molar-refractivity contribution in [1.82, 2.24) is 0 Å². The third-order valence-corrected chi connectivity index (χ3v) is 3.38. The number of rotatable bonds is 1. The molecule has 0 saturated heterocycles. The molecule has 1 heterocycles. The summed E-state index contributed by atoms with van der Waals surface area (Å²) >= 11 is 13.1. The number of benzene rings is 1. The van der Waals surface area contributed by atoms with E-state index in [9.17, 15) is 4.39 Å². The molecule has 0 radical (unpaired) electrons. The van der Waals surface area contributed by atoms with E-state index in [2.05, 4.69) is 0 Å². The molecule has 0 N–H and O–H groups in total. The van der Waals surface area contributed by atoms with Crippen molar-refractivity contribution >= 4 is 44.6 Å². The molecular weight excluding hydrogens is 230 g/mol. The van der Waals surface area contributed by atoms with Crippen LogP contribution in [-0.4, -0.2) is 0 Å². The van der Waals surface area contributed by atoms with Crippen LogP contribution in [0.15, 0.2) is 17.5 Å². The summed E-state index contributed by atoms with van der Waals surface area (Å²) in [5.41, 5.74) is 0.965. The summed E-state index contributed by atoms with van der Waals surface area (Å²) in [6.07, 6.45) is 0. The van der Waals surface area contributed by atoms with E-state index in [1.807, 2.05) is 5.38 Å². The number of alkyl halides is 1. The predicted octanol–water partition coefficient (Wildman–Crippen LogP) is 4.43. The average Bonchev–Trinajstić information content (AvgIpc) is 2.47. The summed E-state index contributed by atoms with van der Waals surface area (Å²) in [6, 6.07) is 2.79. The molecule has 0 aliphatic rings. The Morgan fingerprint density at radius 1 is 1.38 bits per heavy atom. The smallest absolute Gasteiger partial charge is 0.126 e. The van der Waals surface area contributed by atoms with Crippen LogP contribution in [0, 0.1) is 5.82 Å². The topological polar surface area (TPSA) is 0 Å². The highest BCUT2D eigenvalue weighted by molar-refractivity contribution is 7.17. The van der Waals surface area contributed by atoms with Gasteiger partial charge in [0, 0.05) is 16.0 Å². The lowest BCUT2D eigenvalue weighted by atomic mass is 10.2. The molecular formula is C9H5Cl2FS. The molecule has 0 saturated carbocycles. The van der Waals surface area contributed by atoms with Gasteiger partial charge in [-0.05, 0) is 23.1 Å². The summed E-state index contributed by atoms with van der Waals surface area (Å²) < 4.78 is 13.7. The first-order valence-corrected chi connectivity index (χ1v) is 5.42. The fraction of sp³-hybridized carbons (Fsp3) is 0.111. The van der Waals surface area contributed by atoms with Gasteiger partial charge >= 0.3 is 0 Å². The van der Waals surface area contributed by atoms with Crippen LogP contribution in [-0.2, 0) is 5.88 Å². The van der Waals surface area contributed by atoms with E-state index in [4.69, 9.17) is 23.2 Å². The molecule has 13 heavy (non-hydrogen) atoms. The molecule has 1 aromatic carbocycles. The second-order valence-electron chi connectivity index (χ2n) is 2.66. The fourth-order valence-corrected chi connectivity index (χ4v) is 2.94. The fourth-order valence-electron chi connectivity index (χ4n) is 1.25. The van der Waals surface area contributed by atoms with E-state index in [0.29, 0.717) is 10.9 Å². The maximum atomic E-state index is 12.9. The first kappa shape index (κ1) is 9.25. The van der Waals surface area contributed by atoms with E-state index in [1.54, 1.807) is 0 Å². The Labute approximate surface area is 88.9 Å². The summed E-state index contributed by atoms with van der Waals surface area (Å²) in [5.74, 6) is 0.103. The van der Waals surface area contributed by atoms with Gasteiger partial charge in [-0.15, -0.1) is 22.9 Å². The van der Waals surface area contributed by atoms with Crippen molar-refractivity contribution in [1.29, 1.82) is 0 Å². The van der Waals surface area contributed by atoms with Crippen molar-refractivity contribution in [3.05, 3.63) is 33.9 Å². The Morgan fingerprint density at radius 2 is 2.15 bits per heavy atom. The van der Waals surface area contributed by atoms with E-state index in [1.165, 1.54) is 23.5 Å². The molecule has 0 fully saturated rings. The van der Waals surface area contributed by atoms with Gasteiger partial charge in [0.2, 0.25) is 0 Å². The van der Waals surface area contributed by atoms with Crippen molar-refractivity contribution in [2.45, 2.75) is 5.88 Å². The Kier molecular flexibility index (Phi) is 2.45. The molecule has 4 heteroatoms. The third-order valence-electron chi connectivity index (χ3n) is 1.81. The molecule has 0 atom stereocenters. The molecule has 2 aromatic rings.